The summed E-state index contributed by atoms with van der Waals surface area (Å²) in [4.78, 5) is 15.2. The van der Waals surface area contributed by atoms with E-state index in [0.29, 0.717) is 17.0 Å². The Kier molecular flexibility index (Phi) is 4.77. The van der Waals surface area contributed by atoms with E-state index in [2.05, 4.69) is 10.3 Å². The maximum Gasteiger partial charge on any atom is 0.228 e. The molecule has 0 fully saturated rings. The van der Waals surface area contributed by atoms with Gasteiger partial charge in [-0.3, -0.25) is 4.79 Å². The topological polar surface area (TPSA) is 74.4 Å². The second-order valence-electron chi connectivity index (χ2n) is 5.33. The van der Waals surface area contributed by atoms with E-state index in [0.717, 1.165) is 10.9 Å². The molecule has 124 valence electrons. The molecule has 0 saturated heterocycles. The van der Waals surface area contributed by atoms with Crippen LogP contribution in [0, 0.1) is 5.82 Å². The lowest BCUT2D eigenvalue weighted by Crippen LogP contribution is -2.14. The molecular weight excluding hydrogens is 311 g/mol. The number of carbonyl (C=O) groups excluding carboxylic acids is 1. The van der Waals surface area contributed by atoms with Gasteiger partial charge in [0.2, 0.25) is 5.91 Å². The average Bonchev–Trinajstić information content (AvgIpc) is 2.96. The van der Waals surface area contributed by atoms with E-state index < -0.39 is 0 Å². The molecule has 0 spiro atoms. The van der Waals surface area contributed by atoms with Gasteiger partial charge in [-0.25, -0.2) is 4.39 Å². The van der Waals surface area contributed by atoms with Crippen LogP contribution in [0.4, 0.5) is 10.1 Å². The van der Waals surface area contributed by atoms with Crippen molar-refractivity contribution >= 4 is 22.5 Å². The summed E-state index contributed by atoms with van der Waals surface area (Å²) >= 11 is 0. The van der Waals surface area contributed by atoms with Gasteiger partial charge in [0.05, 0.1) is 13.0 Å². The second-order valence-corrected chi connectivity index (χ2v) is 5.33. The van der Waals surface area contributed by atoms with Crippen molar-refractivity contribution < 1.29 is 19.0 Å². The monoisotopic (exact) mass is 328 g/mol. The Balaban J connectivity index is 1.64. The zero-order valence-corrected chi connectivity index (χ0v) is 12.9. The van der Waals surface area contributed by atoms with E-state index in [9.17, 15) is 9.18 Å². The fourth-order valence-electron chi connectivity index (χ4n) is 2.48. The highest BCUT2D eigenvalue weighted by atomic mass is 19.1. The number of anilines is 1. The lowest BCUT2D eigenvalue weighted by atomic mass is 10.1. The Morgan fingerprint density at radius 3 is 2.75 bits per heavy atom. The summed E-state index contributed by atoms with van der Waals surface area (Å²) < 4.78 is 18.4. The van der Waals surface area contributed by atoms with Crippen molar-refractivity contribution in [2.45, 2.75) is 6.42 Å². The Bertz CT molecular complexity index is 843. The van der Waals surface area contributed by atoms with Crippen LogP contribution in [0.2, 0.25) is 0 Å². The number of hydrogen-bond donors (Lipinski definition) is 3. The number of ether oxygens (including phenoxy) is 1. The first kappa shape index (κ1) is 16.0. The molecule has 0 unspecified atom stereocenters. The number of hydrogen-bond acceptors (Lipinski definition) is 3. The van der Waals surface area contributed by atoms with Crippen molar-refractivity contribution in [2.24, 2.45) is 0 Å². The molecule has 0 radical (unpaired) electrons. The molecule has 0 bridgehead atoms. The maximum absolute atomic E-state index is 13.2. The van der Waals surface area contributed by atoms with Crippen LogP contribution in [0.1, 0.15) is 5.56 Å². The first-order valence-electron chi connectivity index (χ1n) is 7.55. The van der Waals surface area contributed by atoms with Gasteiger partial charge in [0.1, 0.15) is 18.2 Å². The van der Waals surface area contributed by atoms with Gasteiger partial charge in [0.25, 0.3) is 0 Å². The maximum atomic E-state index is 13.2. The Morgan fingerprint density at radius 1 is 1.21 bits per heavy atom. The molecule has 0 aliphatic heterocycles. The summed E-state index contributed by atoms with van der Waals surface area (Å²) in [6.45, 7) is 0.180. The molecule has 3 rings (SSSR count). The van der Waals surface area contributed by atoms with Crippen LogP contribution in [-0.2, 0) is 11.2 Å². The first-order chi connectivity index (χ1) is 11.7. The molecule has 3 aromatic rings. The van der Waals surface area contributed by atoms with Gasteiger partial charge in [-0.1, -0.05) is 0 Å². The molecule has 0 aliphatic carbocycles. The fourth-order valence-corrected chi connectivity index (χ4v) is 2.48. The number of nitrogens with one attached hydrogen (secondary N) is 2. The molecular formula is C18H17FN2O3. The fraction of sp³-hybridized carbons (Fsp3) is 0.167. The highest BCUT2D eigenvalue weighted by Crippen LogP contribution is 2.21. The van der Waals surface area contributed by atoms with E-state index in [1.807, 2.05) is 0 Å². The second kappa shape index (κ2) is 7.14. The highest BCUT2D eigenvalue weighted by Gasteiger charge is 2.10. The SMILES string of the molecule is O=C(Cc1c[nH]c2cc(F)ccc12)Nc1ccc(OCCO)cc1. The Morgan fingerprint density at radius 2 is 2.00 bits per heavy atom. The molecule has 0 atom stereocenters. The Labute approximate surface area is 138 Å². The van der Waals surface area contributed by atoms with Crippen molar-refractivity contribution in [3.8, 4) is 5.75 Å². The zero-order valence-electron chi connectivity index (χ0n) is 12.9. The minimum atomic E-state index is -0.316. The van der Waals surface area contributed by atoms with Crippen molar-refractivity contribution in [3.63, 3.8) is 0 Å². The summed E-state index contributed by atoms with van der Waals surface area (Å²) in [5.74, 6) is 0.147. The van der Waals surface area contributed by atoms with Crippen molar-refractivity contribution in [3.05, 3.63) is 60.0 Å². The van der Waals surface area contributed by atoms with Gasteiger partial charge >= 0.3 is 0 Å². The van der Waals surface area contributed by atoms with E-state index in [-0.39, 0.29) is 31.4 Å². The summed E-state index contributed by atoms with van der Waals surface area (Å²) in [5.41, 5.74) is 2.14. The standard InChI is InChI=1S/C18H17FN2O3/c19-13-1-6-16-12(11-20-17(16)10-13)9-18(23)21-14-2-4-15(5-3-14)24-8-7-22/h1-6,10-11,20,22H,7-9H2,(H,21,23). The normalized spacial score (nSPS) is 10.8. The third kappa shape index (κ3) is 3.72. The lowest BCUT2D eigenvalue weighted by Gasteiger charge is -2.07. The van der Waals surface area contributed by atoms with Crippen LogP contribution in [0.25, 0.3) is 10.9 Å². The summed E-state index contributed by atoms with van der Waals surface area (Å²) in [7, 11) is 0. The lowest BCUT2D eigenvalue weighted by molar-refractivity contribution is -0.115. The molecule has 24 heavy (non-hydrogen) atoms. The van der Waals surface area contributed by atoms with Gasteiger partial charge in [0, 0.05) is 22.8 Å². The summed E-state index contributed by atoms with van der Waals surface area (Å²) in [6, 6.07) is 11.4. The van der Waals surface area contributed by atoms with Gasteiger partial charge in [-0.05, 0) is 48.0 Å². The molecule has 5 nitrogen and oxygen atoms in total. The van der Waals surface area contributed by atoms with E-state index >= 15 is 0 Å². The number of aliphatic hydroxyl groups is 1. The van der Waals surface area contributed by atoms with Crippen LogP contribution in [0.5, 0.6) is 5.75 Å². The molecule has 2 aromatic carbocycles. The van der Waals surface area contributed by atoms with Crippen LogP contribution >= 0.6 is 0 Å². The number of rotatable bonds is 6. The van der Waals surface area contributed by atoms with Crippen molar-refractivity contribution in [1.82, 2.24) is 4.98 Å². The summed E-state index contributed by atoms with van der Waals surface area (Å²) in [6.07, 6.45) is 1.91. The molecule has 0 saturated carbocycles. The van der Waals surface area contributed by atoms with Crippen LogP contribution in [0.3, 0.4) is 0 Å². The number of amides is 1. The van der Waals surface area contributed by atoms with Crippen LogP contribution in [0.15, 0.2) is 48.7 Å². The smallest absolute Gasteiger partial charge is 0.228 e. The molecule has 1 aromatic heterocycles. The van der Waals surface area contributed by atoms with Crippen molar-refractivity contribution in [1.29, 1.82) is 0 Å². The number of benzene rings is 2. The molecule has 1 amide bonds. The number of fused-ring (bicyclic) bond motifs is 1. The average molecular weight is 328 g/mol. The largest absolute Gasteiger partial charge is 0.491 e. The number of aromatic amines is 1. The molecule has 0 aliphatic rings. The molecule has 3 N–H and O–H groups in total. The molecule has 1 heterocycles. The zero-order chi connectivity index (χ0) is 16.9. The minimum absolute atomic E-state index is 0.0486. The van der Waals surface area contributed by atoms with Gasteiger partial charge in [-0.2, -0.15) is 0 Å². The van der Waals surface area contributed by atoms with E-state index in [4.69, 9.17) is 9.84 Å². The van der Waals surface area contributed by atoms with Crippen LogP contribution in [-0.4, -0.2) is 29.2 Å². The molecule has 6 heteroatoms. The van der Waals surface area contributed by atoms with Crippen molar-refractivity contribution in [2.75, 3.05) is 18.5 Å². The first-order valence-corrected chi connectivity index (χ1v) is 7.55. The number of aromatic nitrogens is 1. The van der Waals surface area contributed by atoms with E-state index in [1.54, 1.807) is 36.5 Å². The predicted octanol–water partition coefficient (Wildman–Crippen LogP) is 2.86. The van der Waals surface area contributed by atoms with Gasteiger partial charge in [-0.15, -0.1) is 0 Å². The van der Waals surface area contributed by atoms with Gasteiger partial charge < -0.3 is 20.1 Å². The predicted molar refractivity (Wildman–Crippen MR) is 89.6 cm³/mol. The third-order valence-corrected chi connectivity index (χ3v) is 3.58. The number of H-pyrrole nitrogens is 1. The van der Waals surface area contributed by atoms with Crippen LogP contribution < -0.4 is 10.1 Å². The number of aliphatic hydroxyl groups excluding tert-OH is 1. The summed E-state index contributed by atoms with van der Waals surface area (Å²) in [5, 5.41) is 12.3. The third-order valence-electron chi connectivity index (χ3n) is 3.58. The van der Waals surface area contributed by atoms with E-state index in [1.165, 1.54) is 12.1 Å². The quantitative estimate of drug-likeness (QED) is 0.651. The number of halogens is 1. The minimum Gasteiger partial charge on any atom is -0.491 e. The van der Waals surface area contributed by atoms with Gasteiger partial charge in [0.15, 0.2) is 0 Å². The highest BCUT2D eigenvalue weighted by molar-refractivity contribution is 5.95. The number of carbonyl (C=O) groups is 1. The Hall–Kier alpha value is -2.86.